The molecule has 1 aromatic heterocycles. The summed E-state index contributed by atoms with van der Waals surface area (Å²) in [5, 5.41) is 2.37. The van der Waals surface area contributed by atoms with Crippen LogP contribution in [0.15, 0.2) is 46.3 Å². The topological polar surface area (TPSA) is 42.4 Å². The minimum atomic E-state index is -0.444. The first-order valence-electron chi connectivity index (χ1n) is 8.26. The Hall–Kier alpha value is -2.25. The maximum Gasteiger partial charge on any atom is 0.230 e. The number of aryl methyl sites for hydroxylation is 1. The van der Waals surface area contributed by atoms with Crippen LogP contribution in [0.4, 0.5) is 15.2 Å². The fourth-order valence-corrected chi connectivity index (χ4v) is 3.79. The zero-order valence-corrected chi connectivity index (χ0v) is 17.5. The summed E-state index contributed by atoms with van der Waals surface area (Å²) >= 11 is 4.56. The van der Waals surface area contributed by atoms with E-state index in [-0.39, 0.29) is 18.3 Å². The van der Waals surface area contributed by atoms with Gasteiger partial charge in [-0.15, -0.1) is 11.3 Å². The van der Waals surface area contributed by atoms with Gasteiger partial charge in [0.15, 0.2) is 16.7 Å². The Kier molecular flexibility index (Phi) is 5.92. The van der Waals surface area contributed by atoms with Gasteiger partial charge in [0.25, 0.3) is 0 Å². The Bertz CT molecular complexity index is 990. The molecule has 3 rings (SSSR count). The van der Waals surface area contributed by atoms with Crippen molar-refractivity contribution in [3.63, 3.8) is 0 Å². The normalized spacial score (nSPS) is 10.7. The lowest BCUT2D eigenvalue weighted by molar-refractivity contribution is -0.115. The molecule has 0 N–H and O–H groups in total. The van der Waals surface area contributed by atoms with Crippen molar-refractivity contribution in [3.05, 3.63) is 68.9 Å². The summed E-state index contributed by atoms with van der Waals surface area (Å²) in [4.78, 5) is 18.4. The monoisotopic (exact) mass is 448 g/mol. The molecule has 0 aliphatic rings. The summed E-state index contributed by atoms with van der Waals surface area (Å²) in [5.74, 6) is -0.407. The maximum atomic E-state index is 13.9. The van der Waals surface area contributed by atoms with Gasteiger partial charge >= 0.3 is 0 Å². The molecule has 0 atom stereocenters. The van der Waals surface area contributed by atoms with E-state index in [1.165, 1.54) is 24.3 Å². The molecule has 7 heteroatoms. The SMILES string of the molecule is CC(=O)N(c1nc(COc2ccc(Br)cc2F)cs1)c1cccc(C)c1C. The number of halogens is 2. The van der Waals surface area contributed by atoms with Crippen LogP contribution in [0, 0.1) is 19.7 Å². The van der Waals surface area contributed by atoms with Crippen molar-refractivity contribution in [2.75, 3.05) is 4.90 Å². The summed E-state index contributed by atoms with van der Waals surface area (Å²) in [6, 6.07) is 10.4. The van der Waals surface area contributed by atoms with E-state index in [0.29, 0.717) is 15.3 Å². The molecule has 4 nitrogen and oxygen atoms in total. The standard InChI is InChI=1S/C20H18BrFN2O2S/c1-12-5-4-6-18(13(12)2)24(14(3)25)20-23-16(11-27-20)10-26-19-8-7-15(21)9-17(19)22/h4-9,11H,10H2,1-3H3. The molecule has 0 radical (unpaired) electrons. The van der Waals surface area contributed by atoms with Crippen LogP contribution >= 0.6 is 27.3 Å². The van der Waals surface area contributed by atoms with Crippen LogP contribution < -0.4 is 9.64 Å². The Balaban J connectivity index is 1.82. The van der Waals surface area contributed by atoms with Gasteiger partial charge in [-0.1, -0.05) is 28.1 Å². The third-order valence-electron chi connectivity index (χ3n) is 4.13. The largest absolute Gasteiger partial charge is 0.484 e. The number of carbonyl (C=O) groups is 1. The van der Waals surface area contributed by atoms with Gasteiger partial charge in [-0.25, -0.2) is 9.37 Å². The molecule has 1 amide bonds. The van der Waals surface area contributed by atoms with Crippen LogP contribution in [0.2, 0.25) is 0 Å². The molecule has 3 aromatic rings. The van der Waals surface area contributed by atoms with E-state index in [0.717, 1.165) is 16.8 Å². The first kappa shape index (κ1) is 19.5. The number of nitrogens with zero attached hydrogens (tertiary/aromatic N) is 2. The lowest BCUT2D eigenvalue weighted by Crippen LogP contribution is -2.23. The first-order valence-corrected chi connectivity index (χ1v) is 9.93. The molecular weight excluding hydrogens is 431 g/mol. The van der Waals surface area contributed by atoms with Gasteiger partial charge in [-0.05, 0) is 49.2 Å². The van der Waals surface area contributed by atoms with E-state index in [4.69, 9.17) is 4.74 Å². The van der Waals surface area contributed by atoms with Gasteiger partial charge in [-0.3, -0.25) is 9.69 Å². The van der Waals surface area contributed by atoms with Crippen molar-refractivity contribution in [2.45, 2.75) is 27.4 Å². The summed E-state index contributed by atoms with van der Waals surface area (Å²) in [6.07, 6.45) is 0. The van der Waals surface area contributed by atoms with E-state index in [1.807, 2.05) is 37.4 Å². The second-order valence-corrected chi connectivity index (χ2v) is 7.81. The Labute approximate surface area is 169 Å². The summed E-state index contributed by atoms with van der Waals surface area (Å²) < 4.78 is 20.0. The molecule has 0 bridgehead atoms. The number of ether oxygens (including phenoxy) is 1. The molecule has 0 saturated heterocycles. The second-order valence-electron chi connectivity index (χ2n) is 6.06. The number of rotatable bonds is 5. The zero-order chi connectivity index (χ0) is 19.6. The lowest BCUT2D eigenvalue weighted by atomic mass is 10.1. The van der Waals surface area contributed by atoms with E-state index in [9.17, 15) is 9.18 Å². The molecule has 0 aliphatic carbocycles. The predicted octanol–water partition coefficient (Wildman–Crippen LogP) is 5.93. The van der Waals surface area contributed by atoms with E-state index < -0.39 is 5.82 Å². The number of thiazole rings is 1. The second kappa shape index (κ2) is 8.19. The molecule has 0 saturated carbocycles. The Morgan fingerprint density at radius 1 is 1.30 bits per heavy atom. The lowest BCUT2D eigenvalue weighted by Gasteiger charge is -2.21. The third-order valence-corrected chi connectivity index (χ3v) is 5.50. The molecule has 27 heavy (non-hydrogen) atoms. The number of amides is 1. The van der Waals surface area contributed by atoms with Crippen molar-refractivity contribution in [2.24, 2.45) is 0 Å². The molecule has 0 aliphatic heterocycles. The molecule has 1 heterocycles. The van der Waals surface area contributed by atoms with Crippen molar-refractivity contribution in [3.8, 4) is 5.75 Å². The van der Waals surface area contributed by atoms with Crippen LogP contribution in [0.25, 0.3) is 0 Å². The van der Waals surface area contributed by atoms with Gasteiger partial charge < -0.3 is 4.74 Å². The molecule has 0 fully saturated rings. The highest BCUT2D eigenvalue weighted by molar-refractivity contribution is 9.10. The van der Waals surface area contributed by atoms with Crippen LogP contribution in [-0.4, -0.2) is 10.9 Å². The molecule has 0 spiro atoms. The number of anilines is 2. The van der Waals surface area contributed by atoms with Crippen molar-refractivity contribution >= 4 is 44.0 Å². The van der Waals surface area contributed by atoms with Crippen LogP contribution in [0.1, 0.15) is 23.7 Å². The van der Waals surface area contributed by atoms with E-state index in [2.05, 4.69) is 20.9 Å². The van der Waals surface area contributed by atoms with Gasteiger partial charge in [0.1, 0.15) is 6.61 Å². The first-order chi connectivity index (χ1) is 12.9. The number of benzene rings is 2. The average Bonchev–Trinajstić information content (AvgIpc) is 3.06. The molecule has 2 aromatic carbocycles. The number of hydrogen-bond acceptors (Lipinski definition) is 4. The quantitative estimate of drug-likeness (QED) is 0.485. The zero-order valence-electron chi connectivity index (χ0n) is 15.1. The molecular formula is C20H18BrFN2O2S. The highest BCUT2D eigenvalue weighted by Crippen LogP contribution is 2.32. The molecule has 140 valence electrons. The third kappa shape index (κ3) is 4.36. The van der Waals surface area contributed by atoms with Crippen LogP contribution in [0.5, 0.6) is 5.75 Å². The van der Waals surface area contributed by atoms with Crippen molar-refractivity contribution in [1.29, 1.82) is 0 Å². The summed E-state index contributed by atoms with van der Waals surface area (Å²) in [6.45, 7) is 5.61. The van der Waals surface area contributed by atoms with Crippen LogP contribution in [-0.2, 0) is 11.4 Å². The Morgan fingerprint density at radius 2 is 2.07 bits per heavy atom. The summed E-state index contributed by atoms with van der Waals surface area (Å²) in [5.41, 5.74) is 3.57. The smallest absolute Gasteiger partial charge is 0.230 e. The Morgan fingerprint density at radius 3 is 2.78 bits per heavy atom. The average molecular weight is 449 g/mol. The van der Waals surface area contributed by atoms with Gasteiger partial charge in [0.2, 0.25) is 5.91 Å². The fourth-order valence-electron chi connectivity index (χ4n) is 2.59. The van der Waals surface area contributed by atoms with E-state index in [1.54, 1.807) is 17.0 Å². The maximum absolute atomic E-state index is 13.9. The van der Waals surface area contributed by atoms with Crippen LogP contribution in [0.3, 0.4) is 0 Å². The van der Waals surface area contributed by atoms with E-state index >= 15 is 0 Å². The fraction of sp³-hybridized carbons (Fsp3) is 0.200. The minimum absolute atomic E-state index is 0.119. The number of aromatic nitrogens is 1. The predicted molar refractivity (Wildman–Crippen MR) is 109 cm³/mol. The number of hydrogen-bond donors (Lipinski definition) is 0. The summed E-state index contributed by atoms with van der Waals surface area (Å²) in [7, 11) is 0. The number of carbonyl (C=O) groups excluding carboxylic acids is 1. The van der Waals surface area contributed by atoms with Crippen molar-refractivity contribution in [1.82, 2.24) is 4.98 Å². The highest BCUT2D eigenvalue weighted by Gasteiger charge is 2.20. The minimum Gasteiger partial charge on any atom is -0.484 e. The molecule has 0 unspecified atom stereocenters. The van der Waals surface area contributed by atoms with Gasteiger partial charge in [0.05, 0.1) is 11.4 Å². The highest BCUT2D eigenvalue weighted by atomic mass is 79.9. The van der Waals surface area contributed by atoms with Gasteiger partial charge in [0, 0.05) is 16.8 Å². The van der Waals surface area contributed by atoms with Crippen molar-refractivity contribution < 1.29 is 13.9 Å². The van der Waals surface area contributed by atoms with Gasteiger partial charge in [-0.2, -0.15) is 0 Å².